The molecule has 0 aromatic carbocycles. The monoisotopic (exact) mass is 210 g/mol. The van der Waals surface area contributed by atoms with E-state index in [2.05, 4.69) is 32.9 Å². The second-order valence-electron chi connectivity index (χ2n) is 4.97. The van der Waals surface area contributed by atoms with Crippen LogP contribution in [0.1, 0.15) is 20.8 Å². The van der Waals surface area contributed by atoms with Gasteiger partial charge < -0.3 is 14.2 Å². The first-order chi connectivity index (χ1) is 7.02. The molecule has 1 aliphatic carbocycles. The highest BCUT2D eigenvalue weighted by molar-refractivity contribution is 5.35. The van der Waals surface area contributed by atoms with Crippen molar-refractivity contribution in [3.8, 4) is 0 Å². The number of allylic oxidation sites excluding steroid dienone is 2. The number of hydrogen-bond donors (Lipinski definition) is 0. The fraction of sp³-hybridized carbons (Fsp3) is 0.667. The zero-order valence-electron chi connectivity index (χ0n) is 9.74. The molecule has 2 aliphatic rings. The van der Waals surface area contributed by atoms with E-state index in [1.54, 1.807) is 7.11 Å². The van der Waals surface area contributed by atoms with Gasteiger partial charge in [-0.05, 0) is 23.1 Å². The molecule has 1 fully saturated rings. The van der Waals surface area contributed by atoms with Crippen LogP contribution in [0.2, 0.25) is 0 Å². The highest BCUT2D eigenvalue weighted by Crippen LogP contribution is 2.35. The lowest BCUT2D eigenvalue weighted by molar-refractivity contribution is -0.00959. The molecule has 0 aromatic heterocycles. The Kier molecular flexibility index (Phi) is 2.61. The first-order valence-corrected chi connectivity index (χ1v) is 5.23. The fourth-order valence-electron chi connectivity index (χ4n) is 1.84. The third-order valence-electron chi connectivity index (χ3n) is 2.83. The normalized spacial score (nSPS) is 30.4. The smallest absolute Gasteiger partial charge is 0.189 e. The molecular weight excluding hydrogens is 192 g/mol. The van der Waals surface area contributed by atoms with Crippen LogP contribution in [0.3, 0.4) is 0 Å². The third-order valence-corrected chi connectivity index (χ3v) is 2.83. The van der Waals surface area contributed by atoms with E-state index in [1.807, 2.05) is 0 Å². The summed E-state index contributed by atoms with van der Waals surface area (Å²) in [6.45, 7) is 6.87. The molecule has 0 bridgehead atoms. The quantitative estimate of drug-likeness (QED) is 0.664. The Morgan fingerprint density at radius 3 is 2.73 bits per heavy atom. The van der Waals surface area contributed by atoms with Gasteiger partial charge in [0, 0.05) is 7.11 Å². The average molecular weight is 210 g/mol. The summed E-state index contributed by atoms with van der Waals surface area (Å²) < 4.78 is 16.3. The van der Waals surface area contributed by atoms with Crippen LogP contribution >= 0.6 is 0 Å². The molecule has 3 nitrogen and oxygen atoms in total. The molecule has 0 saturated carbocycles. The Bertz CT molecular complexity index is 309. The Hall–Kier alpha value is -0.800. The van der Waals surface area contributed by atoms with Crippen molar-refractivity contribution in [1.82, 2.24) is 0 Å². The van der Waals surface area contributed by atoms with Crippen molar-refractivity contribution in [1.29, 1.82) is 0 Å². The van der Waals surface area contributed by atoms with Crippen molar-refractivity contribution in [3.05, 3.63) is 23.5 Å². The van der Waals surface area contributed by atoms with Crippen LogP contribution in [0.5, 0.6) is 0 Å². The van der Waals surface area contributed by atoms with Crippen LogP contribution in [0.15, 0.2) is 23.5 Å². The van der Waals surface area contributed by atoms with Crippen LogP contribution in [-0.2, 0) is 14.2 Å². The van der Waals surface area contributed by atoms with Gasteiger partial charge in [-0.1, -0.05) is 20.8 Å². The summed E-state index contributed by atoms with van der Waals surface area (Å²) in [5, 5.41) is 0. The molecule has 2 unspecified atom stereocenters. The topological polar surface area (TPSA) is 27.7 Å². The van der Waals surface area contributed by atoms with Crippen molar-refractivity contribution in [2.75, 3.05) is 13.9 Å². The Labute approximate surface area is 90.7 Å². The molecule has 2 rings (SSSR count). The van der Waals surface area contributed by atoms with E-state index in [-0.39, 0.29) is 17.6 Å². The maximum Gasteiger partial charge on any atom is 0.189 e. The second-order valence-corrected chi connectivity index (χ2v) is 4.97. The minimum atomic E-state index is -0.0545. The Morgan fingerprint density at radius 2 is 2.13 bits per heavy atom. The van der Waals surface area contributed by atoms with Gasteiger partial charge in [-0.3, -0.25) is 0 Å². The molecule has 1 saturated heterocycles. The Morgan fingerprint density at radius 1 is 1.40 bits per heavy atom. The molecular formula is C12H18O3. The first-order valence-electron chi connectivity index (χ1n) is 5.23. The molecule has 1 aliphatic heterocycles. The van der Waals surface area contributed by atoms with Crippen LogP contribution in [0.4, 0.5) is 0 Å². The van der Waals surface area contributed by atoms with Crippen molar-refractivity contribution in [2.24, 2.45) is 5.41 Å². The highest BCUT2D eigenvalue weighted by atomic mass is 16.7. The van der Waals surface area contributed by atoms with E-state index in [1.165, 1.54) is 5.57 Å². The molecule has 0 aromatic rings. The summed E-state index contributed by atoms with van der Waals surface area (Å²) in [5.74, 6) is 0.897. The van der Waals surface area contributed by atoms with E-state index in [4.69, 9.17) is 14.2 Å². The summed E-state index contributed by atoms with van der Waals surface area (Å²) in [7, 11) is 1.70. The van der Waals surface area contributed by atoms with Crippen molar-refractivity contribution in [2.45, 2.75) is 33.0 Å². The molecule has 2 atom stereocenters. The van der Waals surface area contributed by atoms with E-state index < -0.39 is 0 Å². The van der Waals surface area contributed by atoms with Gasteiger partial charge in [0.25, 0.3) is 0 Å². The van der Waals surface area contributed by atoms with Gasteiger partial charge in [0.2, 0.25) is 0 Å². The maximum atomic E-state index is 5.46. The summed E-state index contributed by atoms with van der Waals surface area (Å²) in [6, 6.07) is 0. The van der Waals surface area contributed by atoms with Gasteiger partial charge in [0.15, 0.2) is 6.79 Å². The maximum absolute atomic E-state index is 5.46. The molecule has 15 heavy (non-hydrogen) atoms. The van der Waals surface area contributed by atoms with Gasteiger partial charge in [-0.2, -0.15) is 0 Å². The van der Waals surface area contributed by atoms with Crippen molar-refractivity contribution < 1.29 is 14.2 Å². The largest absolute Gasteiger partial charge is 0.469 e. The third kappa shape index (κ3) is 1.94. The fourth-order valence-corrected chi connectivity index (χ4v) is 1.84. The zero-order valence-corrected chi connectivity index (χ0v) is 9.74. The minimum absolute atomic E-state index is 0.0262. The Balaban J connectivity index is 2.30. The standard InChI is InChI=1S/C12H18O3/c1-12(2,3)8-5-9(13-4)11-10(6-8)14-7-15-11/h5-6,9,11H,7H2,1-4H3. The van der Waals surface area contributed by atoms with Gasteiger partial charge >= 0.3 is 0 Å². The predicted molar refractivity (Wildman–Crippen MR) is 57.2 cm³/mol. The van der Waals surface area contributed by atoms with Crippen LogP contribution in [0.25, 0.3) is 0 Å². The summed E-state index contributed by atoms with van der Waals surface area (Å²) in [5.41, 5.74) is 1.35. The van der Waals surface area contributed by atoms with Gasteiger partial charge in [-0.25, -0.2) is 0 Å². The van der Waals surface area contributed by atoms with E-state index in [0.29, 0.717) is 6.79 Å². The number of ether oxygens (including phenoxy) is 3. The zero-order chi connectivity index (χ0) is 11.1. The van der Waals surface area contributed by atoms with Crippen LogP contribution in [0, 0.1) is 5.41 Å². The minimum Gasteiger partial charge on any atom is -0.469 e. The molecule has 3 heteroatoms. The highest BCUT2D eigenvalue weighted by Gasteiger charge is 2.36. The van der Waals surface area contributed by atoms with Gasteiger partial charge in [0.1, 0.15) is 18.0 Å². The van der Waals surface area contributed by atoms with Crippen molar-refractivity contribution in [3.63, 3.8) is 0 Å². The summed E-state index contributed by atoms with van der Waals surface area (Å²) in [4.78, 5) is 0. The number of methoxy groups -OCH3 is 1. The average Bonchev–Trinajstić information content (AvgIpc) is 2.62. The predicted octanol–water partition coefficient (Wildman–Crippen LogP) is 2.24. The molecule has 0 spiro atoms. The lowest BCUT2D eigenvalue weighted by atomic mass is 9.82. The molecule has 0 N–H and O–H groups in total. The number of hydrogen-bond acceptors (Lipinski definition) is 3. The molecule has 1 heterocycles. The first kappa shape index (κ1) is 10.7. The van der Waals surface area contributed by atoms with E-state index in [9.17, 15) is 0 Å². The summed E-state index contributed by atoms with van der Waals surface area (Å²) in [6.07, 6.45) is 4.12. The summed E-state index contributed by atoms with van der Waals surface area (Å²) >= 11 is 0. The molecule has 84 valence electrons. The lowest BCUT2D eigenvalue weighted by Crippen LogP contribution is -2.31. The number of fused-ring (bicyclic) bond motifs is 1. The molecule has 0 amide bonds. The van der Waals surface area contributed by atoms with E-state index in [0.717, 1.165) is 5.76 Å². The van der Waals surface area contributed by atoms with Gasteiger partial charge in [0.05, 0.1) is 0 Å². The van der Waals surface area contributed by atoms with Crippen LogP contribution < -0.4 is 0 Å². The van der Waals surface area contributed by atoms with Crippen LogP contribution in [-0.4, -0.2) is 26.1 Å². The second kappa shape index (κ2) is 3.65. The van der Waals surface area contributed by atoms with E-state index >= 15 is 0 Å². The van der Waals surface area contributed by atoms with Crippen molar-refractivity contribution >= 4 is 0 Å². The van der Waals surface area contributed by atoms with Gasteiger partial charge in [-0.15, -0.1) is 0 Å². The molecule has 0 radical (unpaired) electrons. The number of rotatable bonds is 1. The SMILES string of the molecule is COC1C=C(C(C)(C)C)C=C2OCOC21. The lowest BCUT2D eigenvalue weighted by Gasteiger charge is -2.28.